The van der Waals surface area contributed by atoms with Gasteiger partial charge in [0.25, 0.3) is 0 Å². The lowest BCUT2D eigenvalue weighted by Crippen LogP contribution is -2.48. The molecule has 0 aromatic carbocycles. The van der Waals surface area contributed by atoms with Gasteiger partial charge in [0, 0.05) is 35.9 Å². The summed E-state index contributed by atoms with van der Waals surface area (Å²) >= 11 is 0. The first-order chi connectivity index (χ1) is 10.5. The summed E-state index contributed by atoms with van der Waals surface area (Å²) in [6, 6.07) is 0. The van der Waals surface area contributed by atoms with Gasteiger partial charge in [-0.3, -0.25) is 9.79 Å². The van der Waals surface area contributed by atoms with Gasteiger partial charge in [0.05, 0.1) is 0 Å². The van der Waals surface area contributed by atoms with Crippen molar-refractivity contribution in [3.63, 3.8) is 0 Å². The van der Waals surface area contributed by atoms with Crippen molar-refractivity contribution in [3.8, 4) is 11.8 Å². The van der Waals surface area contributed by atoms with Gasteiger partial charge in [0.2, 0.25) is 0 Å². The van der Waals surface area contributed by atoms with Crippen LogP contribution < -0.4 is 0 Å². The Labute approximate surface area is 135 Å². The minimum absolute atomic E-state index is 0.0490. The second kappa shape index (κ2) is 7.27. The Morgan fingerprint density at radius 3 is 2.86 bits per heavy atom. The number of hydrogen-bond acceptors (Lipinski definition) is 2. The zero-order chi connectivity index (χ0) is 16.2. The summed E-state index contributed by atoms with van der Waals surface area (Å²) < 4.78 is 0. The quantitative estimate of drug-likeness (QED) is 0.553. The van der Waals surface area contributed by atoms with E-state index in [0.717, 1.165) is 38.6 Å². The minimum Gasteiger partial charge on any atom is -0.299 e. The average Bonchev–Trinajstić information content (AvgIpc) is 2.49. The van der Waals surface area contributed by atoms with Crippen LogP contribution in [0.4, 0.5) is 0 Å². The number of rotatable bonds is 3. The molecule has 1 aliphatic carbocycles. The van der Waals surface area contributed by atoms with E-state index < -0.39 is 0 Å². The lowest BCUT2D eigenvalue weighted by atomic mass is 9.56. The Bertz CT molecular complexity index is 542. The molecule has 1 spiro atoms. The van der Waals surface area contributed by atoms with Crippen LogP contribution in [0.1, 0.15) is 66.2 Å². The van der Waals surface area contributed by atoms with Crippen molar-refractivity contribution in [1.82, 2.24) is 0 Å². The molecule has 0 aromatic heterocycles. The van der Waals surface area contributed by atoms with Crippen molar-refractivity contribution >= 4 is 11.5 Å². The molecule has 2 heteroatoms. The second-order valence-electron chi connectivity index (χ2n) is 7.04. The molecular weight excluding hydrogens is 270 g/mol. The van der Waals surface area contributed by atoms with Gasteiger partial charge in [-0.1, -0.05) is 24.5 Å². The highest BCUT2D eigenvalue weighted by molar-refractivity contribution is 5.95. The number of carbonyl (C=O) groups excluding carboxylic acids is 1. The minimum atomic E-state index is 0.0490. The van der Waals surface area contributed by atoms with E-state index in [0.29, 0.717) is 12.2 Å². The van der Waals surface area contributed by atoms with Crippen LogP contribution in [-0.2, 0) is 4.79 Å². The van der Waals surface area contributed by atoms with Crippen molar-refractivity contribution < 1.29 is 4.79 Å². The molecule has 3 atom stereocenters. The van der Waals surface area contributed by atoms with Crippen LogP contribution in [0.2, 0.25) is 0 Å². The van der Waals surface area contributed by atoms with E-state index in [1.54, 1.807) is 0 Å². The number of aliphatic imine (C=N–C) groups is 1. The van der Waals surface area contributed by atoms with Crippen LogP contribution in [0.3, 0.4) is 0 Å². The molecule has 0 radical (unpaired) electrons. The third-order valence-corrected chi connectivity index (χ3v) is 5.31. The lowest BCUT2D eigenvalue weighted by Gasteiger charge is -2.47. The zero-order valence-corrected chi connectivity index (χ0v) is 14.5. The Hall–Kier alpha value is -1.36. The summed E-state index contributed by atoms with van der Waals surface area (Å²) in [4.78, 5) is 17.1. The Morgan fingerprint density at radius 2 is 2.18 bits per heavy atom. The number of ketones is 1. The highest BCUT2D eigenvalue weighted by atomic mass is 16.1. The SMILES string of the molecule is CC#C[C@H]1[C@H](C)C(=O)CC[C@]12CCCN=C2CCC=C(C)C. The molecule has 1 fully saturated rings. The van der Waals surface area contributed by atoms with E-state index in [1.807, 2.05) is 6.92 Å². The fourth-order valence-electron chi connectivity index (χ4n) is 4.15. The smallest absolute Gasteiger partial charge is 0.137 e. The monoisotopic (exact) mass is 299 g/mol. The second-order valence-corrected chi connectivity index (χ2v) is 7.04. The standard InChI is InChI=1S/C20H29NO/c1-5-8-17-16(4)18(22)11-13-20(17)12-7-14-21-19(20)10-6-9-15(2)3/h9,16-17H,6-7,10-14H2,1-4H3/t16-,17-,20+/m0/s1. The van der Waals surface area contributed by atoms with Crippen molar-refractivity contribution in [2.24, 2.45) is 22.2 Å². The molecular formula is C20H29NO. The molecule has 0 unspecified atom stereocenters. The summed E-state index contributed by atoms with van der Waals surface area (Å²) in [7, 11) is 0. The van der Waals surface area contributed by atoms with Crippen molar-refractivity contribution in [2.45, 2.75) is 66.2 Å². The van der Waals surface area contributed by atoms with Gasteiger partial charge in [-0.05, 0) is 52.9 Å². The van der Waals surface area contributed by atoms with Crippen LogP contribution in [0.15, 0.2) is 16.6 Å². The zero-order valence-electron chi connectivity index (χ0n) is 14.5. The first kappa shape index (κ1) is 17.0. The van der Waals surface area contributed by atoms with Gasteiger partial charge in [0.15, 0.2) is 0 Å². The van der Waals surface area contributed by atoms with E-state index in [-0.39, 0.29) is 17.3 Å². The van der Waals surface area contributed by atoms with E-state index >= 15 is 0 Å². The fourth-order valence-corrected chi connectivity index (χ4v) is 4.15. The van der Waals surface area contributed by atoms with E-state index in [2.05, 4.69) is 38.7 Å². The molecule has 1 saturated carbocycles. The average molecular weight is 299 g/mol. The van der Waals surface area contributed by atoms with E-state index in [4.69, 9.17) is 4.99 Å². The summed E-state index contributed by atoms with van der Waals surface area (Å²) in [5.41, 5.74) is 2.76. The molecule has 2 nitrogen and oxygen atoms in total. The summed E-state index contributed by atoms with van der Waals surface area (Å²) in [6.07, 6.45) is 8.30. The van der Waals surface area contributed by atoms with E-state index in [1.165, 1.54) is 11.3 Å². The van der Waals surface area contributed by atoms with Crippen molar-refractivity contribution in [3.05, 3.63) is 11.6 Å². The molecule has 0 N–H and O–H groups in total. The van der Waals surface area contributed by atoms with Gasteiger partial charge in [-0.15, -0.1) is 5.92 Å². The van der Waals surface area contributed by atoms with Gasteiger partial charge in [0.1, 0.15) is 5.78 Å². The first-order valence-electron chi connectivity index (χ1n) is 8.63. The summed E-state index contributed by atoms with van der Waals surface area (Å²) in [5, 5.41) is 0. The van der Waals surface area contributed by atoms with Crippen molar-refractivity contribution in [1.29, 1.82) is 0 Å². The number of allylic oxidation sites excluding steroid dienone is 2. The molecule has 1 heterocycles. The molecule has 22 heavy (non-hydrogen) atoms. The molecule has 0 amide bonds. The van der Waals surface area contributed by atoms with Gasteiger partial charge < -0.3 is 0 Å². The molecule has 2 aliphatic rings. The Balaban J connectivity index is 2.31. The number of nitrogens with zero attached hydrogens (tertiary/aromatic N) is 1. The maximum Gasteiger partial charge on any atom is 0.137 e. The third kappa shape index (κ3) is 3.35. The van der Waals surface area contributed by atoms with Gasteiger partial charge >= 0.3 is 0 Å². The summed E-state index contributed by atoms with van der Waals surface area (Å²) in [5.74, 6) is 7.06. The third-order valence-electron chi connectivity index (χ3n) is 5.31. The highest BCUT2D eigenvalue weighted by Crippen LogP contribution is 2.49. The number of carbonyl (C=O) groups is 1. The topological polar surface area (TPSA) is 29.4 Å². The molecule has 2 rings (SSSR count). The largest absolute Gasteiger partial charge is 0.299 e. The van der Waals surface area contributed by atoms with Crippen LogP contribution in [0.5, 0.6) is 0 Å². The Kier molecular flexibility index (Phi) is 5.62. The summed E-state index contributed by atoms with van der Waals surface area (Å²) in [6.45, 7) is 9.19. The van der Waals surface area contributed by atoms with E-state index in [9.17, 15) is 4.79 Å². The molecule has 0 aromatic rings. The predicted octanol–water partition coefficient (Wildman–Crippen LogP) is 4.59. The van der Waals surface area contributed by atoms with Gasteiger partial charge in [-0.2, -0.15) is 0 Å². The van der Waals surface area contributed by atoms with Gasteiger partial charge in [-0.25, -0.2) is 0 Å². The highest BCUT2D eigenvalue weighted by Gasteiger charge is 2.49. The normalized spacial score (nSPS) is 31.3. The molecule has 0 saturated heterocycles. The maximum atomic E-state index is 12.2. The molecule has 120 valence electrons. The predicted molar refractivity (Wildman–Crippen MR) is 93.0 cm³/mol. The van der Waals surface area contributed by atoms with Crippen molar-refractivity contribution in [2.75, 3.05) is 6.54 Å². The van der Waals surface area contributed by atoms with Crippen LogP contribution in [0, 0.1) is 29.1 Å². The number of hydrogen-bond donors (Lipinski definition) is 0. The van der Waals surface area contributed by atoms with Crippen LogP contribution in [0.25, 0.3) is 0 Å². The van der Waals surface area contributed by atoms with Crippen LogP contribution in [-0.4, -0.2) is 18.0 Å². The Morgan fingerprint density at radius 1 is 1.41 bits per heavy atom. The first-order valence-corrected chi connectivity index (χ1v) is 8.63. The maximum absolute atomic E-state index is 12.2. The number of Topliss-reactive ketones (excluding diaryl/α,β-unsaturated/α-hetero) is 1. The molecule has 1 aliphatic heterocycles. The molecule has 0 bridgehead atoms. The van der Waals surface area contributed by atoms with Crippen LogP contribution >= 0.6 is 0 Å². The fraction of sp³-hybridized carbons (Fsp3) is 0.700. The lowest BCUT2D eigenvalue weighted by molar-refractivity contribution is -0.127.